The lowest BCUT2D eigenvalue weighted by atomic mass is 10.2. The monoisotopic (exact) mass is 486 g/mol. The zero-order chi connectivity index (χ0) is 24.0. The molecule has 0 aromatic heterocycles. The van der Waals surface area contributed by atoms with Gasteiger partial charge < -0.3 is 10.4 Å². The molecule has 4 nitrogen and oxygen atoms in total. The molecule has 0 atom stereocenters. The molecule has 0 bridgehead atoms. The molecule has 0 fully saturated rings. The molecule has 0 aliphatic heterocycles. The van der Waals surface area contributed by atoms with Gasteiger partial charge in [0, 0.05) is 5.56 Å². The minimum absolute atomic E-state index is 0.0906. The summed E-state index contributed by atoms with van der Waals surface area (Å²) in [6, 6.07) is 37.3. The lowest BCUT2D eigenvalue weighted by Crippen LogP contribution is -2.35. The summed E-state index contributed by atoms with van der Waals surface area (Å²) in [4.78, 5) is 25.5. The van der Waals surface area contributed by atoms with E-state index in [1.165, 1.54) is 0 Å². The fraction of sp³-hybridized carbons (Fsp3) is 0. The number of rotatable bonds is 7. The van der Waals surface area contributed by atoms with Crippen LogP contribution < -0.4 is 21.2 Å². The molecular formula is C28H22ClNO3P+. The van der Waals surface area contributed by atoms with Gasteiger partial charge in [0.2, 0.25) is 4.77 Å². The molecule has 0 spiro atoms. The first-order valence-corrected chi connectivity index (χ1v) is 12.8. The van der Waals surface area contributed by atoms with Gasteiger partial charge in [0.15, 0.2) is 13.0 Å². The summed E-state index contributed by atoms with van der Waals surface area (Å²) >= 11 is 7.13. The molecule has 0 heterocycles. The van der Waals surface area contributed by atoms with Crippen LogP contribution >= 0.6 is 18.9 Å². The van der Waals surface area contributed by atoms with E-state index in [2.05, 4.69) is 5.32 Å². The van der Waals surface area contributed by atoms with Gasteiger partial charge in [-0.2, -0.15) is 0 Å². The van der Waals surface area contributed by atoms with E-state index in [4.69, 9.17) is 11.6 Å². The number of hydrogen-bond acceptors (Lipinski definition) is 2. The maximum Gasteiger partial charge on any atom is 0.357 e. The Morgan fingerprint density at radius 1 is 0.618 bits per heavy atom. The number of carboxylic acid groups (broad SMARTS) is 1. The average molecular weight is 487 g/mol. The minimum Gasteiger partial charge on any atom is -0.476 e. The maximum absolute atomic E-state index is 12.9. The van der Waals surface area contributed by atoms with Crippen molar-refractivity contribution >= 4 is 46.7 Å². The van der Waals surface area contributed by atoms with Gasteiger partial charge in [-0.15, -0.1) is 0 Å². The molecule has 4 aromatic rings. The zero-order valence-corrected chi connectivity index (χ0v) is 19.8. The molecule has 0 aliphatic carbocycles. The van der Waals surface area contributed by atoms with Crippen molar-refractivity contribution in [3.8, 4) is 0 Å². The second-order valence-electron chi connectivity index (χ2n) is 7.47. The van der Waals surface area contributed by atoms with Crippen LogP contribution in [0.3, 0.4) is 0 Å². The SMILES string of the molecule is O=C(O)C(NC(=O)c1ccccc1)=C(Cl)[P+](c1ccccc1)(c1ccccc1)c1ccccc1. The molecule has 4 aromatic carbocycles. The molecule has 0 saturated heterocycles. The van der Waals surface area contributed by atoms with Crippen molar-refractivity contribution in [2.75, 3.05) is 0 Å². The molecule has 0 aliphatic rings. The Morgan fingerprint density at radius 2 is 0.971 bits per heavy atom. The summed E-state index contributed by atoms with van der Waals surface area (Å²) in [6.07, 6.45) is 0. The highest BCUT2D eigenvalue weighted by molar-refractivity contribution is 8.00. The fourth-order valence-electron chi connectivity index (χ4n) is 3.88. The smallest absolute Gasteiger partial charge is 0.357 e. The van der Waals surface area contributed by atoms with E-state index >= 15 is 0 Å². The van der Waals surface area contributed by atoms with E-state index in [1.807, 2.05) is 91.0 Å². The fourth-order valence-corrected chi connectivity index (χ4v) is 8.80. The van der Waals surface area contributed by atoms with Gasteiger partial charge in [0.1, 0.15) is 15.9 Å². The third-order valence-electron chi connectivity index (χ3n) is 5.42. The van der Waals surface area contributed by atoms with Crippen LogP contribution in [0.4, 0.5) is 0 Å². The number of carbonyl (C=O) groups is 2. The van der Waals surface area contributed by atoms with E-state index in [9.17, 15) is 14.7 Å². The van der Waals surface area contributed by atoms with Crippen LogP contribution in [-0.4, -0.2) is 17.0 Å². The van der Waals surface area contributed by atoms with Gasteiger partial charge in [-0.05, 0) is 60.1 Å². The number of hydrogen-bond donors (Lipinski definition) is 2. The number of nitrogens with one attached hydrogen (secondary N) is 1. The van der Waals surface area contributed by atoms with E-state index in [0.29, 0.717) is 5.56 Å². The molecule has 2 N–H and O–H groups in total. The highest BCUT2D eigenvalue weighted by atomic mass is 35.5. The quantitative estimate of drug-likeness (QED) is 0.288. The molecular weight excluding hydrogens is 465 g/mol. The lowest BCUT2D eigenvalue weighted by Gasteiger charge is -2.27. The molecule has 34 heavy (non-hydrogen) atoms. The van der Waals surface area contributed by atoms with Crippen LogP contribution in [0.1, 0.15) is 10.4 Å². The van der Waals surface area contributed by atoms with Crippen LogP contribution in [0.5, 0.6) is 0 Å². The summed E-state index contributed by atoms with van der Waals surface area (Å²) in [6.45, 7) is 0. The lowest BCUT2D eigenvalue weighted by molar-refractivity contribution is -0.133. The summed E-state index contributed by atoms with van der Waals surface area (Å²) in [7, 11) is -2.85. The summed E-state index contributed by atoms with van der Waals surface area (Å²) in [5, 5.41) is 15.4. The van der Waals surface area contributed by atoms with Crippen molar-refractivity contribution in [3.05, 3.63) is 137 Å². The standard InChI is InChI=1S/C28H21ClNO3P/c29-26(25(28(32)33)30-27(31)21-13-5-1-6-14-21)34(22-15-7-2-8-16-22,23-17-9-3-10-18-23)24-19-11-4-12-20-24/h1-20H,(H-,30,31,32,33)/p+1. The Morgan fingerprint density at radius 3 is 1.32 bits per heavy atom. The molecule has 0 unspecified atom stereocenters. The van der Waals surface area contributed by atoms with Crippen LogP contribution in [0.2, 0.25) is 0 Å². The first-order chi connectivity index (χ1) is 16.5. The predicted molar refractivity (Wildman–Crippen MR) is 140 cm³/mol. The normalized spacial score (nSPS) is 11.9. The maximum atomic E-state index is 12.9. The van der Waals surface area contributed by atoms with Crippen molar-refractivity contribution in [1.29, 1.82) is 0 Å². The summed E-state index contributed by atoms with van der Waals surface area (Å²) < 4.78 is 0.0906. The van der Waals surface area contributed by atoms with Gasteiger partial charge in [-0.3, -0.25) is 4.79 Å². The van der Waals surface area contributed by atoms with Gasteiger partial charge in [-0.1, -0.05) is 72.8 Å². The number of carbonyl (C=O) groups excluding carboxylic acids is 1. The van der Waals surface area contributed by atoms with Crippen molar-refractivity contribution in [2.24, 2.45) is 0 Å². The van der Waals surface area contributed by atoms with Crippen LogP contribution in [0, 0.1) is 0 Å². The molecule has 4 rings (SSSR count). The Bertz CT molecular complexity index is 1210. The van der Waals surface area contributed by atoms with Gasteiger partial charge in [0.05, 0.1) is 0 Å². The van der Waals surface area contributed by atoms with Crippen molar-refractivity contribution < 1.29 is 14.7 Å². The van der Waals surface area contributed by atoms with Crippen LogP contribution in [0.25, 0.3) is 0 Å². The minimum atomic E-state index is -2.85. The number of aliphatic carboxylic acids is 1. The molecule has 168 valence electrons. The van der Waals surface area contributed by atoms with Gasteiger partial charge >= 0.3 is 5.97 Å². The predicted octanol–water partition coefficient (Wildman–Crippen LogP) is 4.90. The van der Waals surface area contributed by atoms with E-state index in [0.717, 1.165) is 15.9 Å². The molecule has 6 heteroatoms. The number of carboxylic acids is 1. The van der Waals surface area contributed by atoms with Crippen LogP contribution in [0.15, 0.2) is 132 Å². The van der Waals surface area contributed by atoms with Crippen molar-refractivity contribution in [1.82, 2.24) is 5.32 Å². The van der Waals surface area contributed by atoms with Gasteiger partial charge in [0.25, 0.3) is 5.91 Å². The van der Waals surface area contributed by atoms with E-state index < -0.39 is 19.1 Å². The summed E-state index contributed by atoms with van der Waals surface area (Å²) in [5.41, 5.74) is 0.00851. The Kier molecular flexibility index (Phi) is 7.22. The average Bonchev–Trinajstić information content (AvgIpc) is 2.90. The van der Waals surface area contributed by atoms with E-state index in [1.54, 1.807) is 30.3 Å². The molecule has 0 saturated carbocycles. The number of benzene rings is 4. The highest BCUT2D eigenvalue weighted by Gasteiger charge is 2.52. The Hall–Kier alpha value is -3.72. The molecule has 0 radical (unpaired) electrons. The third kappa shape index (κ3) is 4.51. The second-order valence-corrected chi connectivity index (χ2v) is 11.4. The van der Waals surface area contributed by atoms with Gasteiger partial charge in [-0.25, -0.2) is 4.79 Å². The summed E-state index contributed by atoms with van der Waals surface area (Å²) in [5.74, 6) is -1.84. The van der Waals surface area contributed by atoms with E-state index in [-0.39, 0.29) is 10.5 Å². The van der Waals surface area contributed by atoms with Crippen LogP contribution in [-0.2, 0) is 4.79 Å². The highest BCUT2D eigenvalue weighted by Crippen LogP contribution is 2.64. The number of amides is 1. The topological polar surface area (TPSA) is 66.4 Å². The van der Waals surface area contributed by atoms with Crippen molar-refractivity contribution in [3.63, 3.8) is 0 Å². The second kappa shape index (κ2) is 10.5. The first kappa shape index (κ1) is 23.4. The Balaban J connectivity index is 2.03. The number of halogens is 1. The Labute approximate surface area is 203 Å². The largest absolute Gasteiger partial charge is 0.476 e. The van der Waals surface area contributed by atoms with Crippen molar-refractivity contribution in [2.45, 2.75) is 0 Å². The first-order valence-electron chi connectivity index (χ1n) is 10.6. The third-order valence-corrected chi connectivity index (χ3v) is 10.4. The zero-order valence-electron chi connectivity index (χ0n) is 18.1. The molecule has 1 amide bonds.